The zero-order valence-corrected chi connectivity index (χ0v) is 11.2. The molecule has 1 aliphatic carbocycles. The Labute approximate surface area is 118 Å². The highest BCUT2D eigenvalue weighted by atomic mass is 16.3. The first-order chi connectivity index (χ1) is 9.83. The second-order valence-corrected chi connectivity index (χ2v) is 5.65. The van der Waals surface area contributed by atoms with Crippen molar-refractivity contribution in [1.29, 1.82) is 0 Å². The third-order valence-electron chi connectivity index (χ3n) is 4.33. The zero-order valence-electron chi connectivity index (χ0n) is 11.2. The van der Waals surface area contributed by atoms with Gasteiger partial charge in [0.1, 0.15) is 0 Å². The molecule has 0 radical (unpaired) electrons. The maximum atomic E-state index is 9.64. The molecule has 0 aliphatic heterocycles. The van der Waals surface area contributed by atoms with Gasteiger partial charge in [0.15, 0.2) is 0 Å². The number of aromatic nitrogens is 1. The van der Waals surface area contributed by atoms with Crippen LogP contribution in [0.4, 0.5) is 0 Å². The first kappa shape index (κ1) is 11.7. The second-order valence-electron chi connectivity index (χ2n) is 5.65. The number of aliphatic hydroxyl groups is 1. The van der Waals surface area contributed by atoms with Crippen molar-refractivity contribution in [2.45, 2.75) is 24.9 Å². The third-order valence-corrected chi connectivity index (χ3v) is 4.33. The molecule has 0 spiro atoms. The van der Waals surface area contributed by atoms with Gasteiger partial charge in [-0.3, -0.25) is 0 Å². The Morgan fingerprint density at radius 2 is 1.60 bits per heavy atom. The molecule has 1 aliphatic rings. The van der Waals surface area contributed by atoms with Crippen molar-refractivity contribution >= 4 is 10.9 Å². The Balaban J connectivity index is 1.93. The van der Waals surface area contributed by atoms with Crippen molar-refractivity contribution in [3.05, 3.63) is 60.2 Å². The number of rotatable bonds is 2. The lowest BCUT2D eigenvalue weighted by Gasteiger charge is -2.32. The fourth-order valence-electron chi connectivity index (χ4n) is 3.24. The van der Waals surface area contributed by atoms with Gasteiger partial charge in [0.2, 0.25) is 0 Å². The van der Waals surface area contributed by atoms with Gasteiger partial charge in [-0.05, 0) is 36.0 Å². The summed E-state index contributed by atoms with van der Waals surface area (Å²) in [6.45, 7) is 0. The molecule has 2 N–H and O–H groups in total. The number of nitrogens with one attached hydrogen (secondary N) is 1. The van der Waals surface area contributed by atoms with Crippen LogP contribution in [0.3, 0.4) is 0 Å². The van der Waals surface area contributed by atoms with Crippen LogP contribution in [0.5, 0.6) is 0 Å². The predicted octanol–water partition coefficient (Wildman–Crippen LogP) is 4.07. The molecule has 4 rings (SSSR count). The monoisotopic (exact) mass is 263 g/mol. The molecule has 2 nitrogen and oxygen atoms in total. The Hall–Kier alpha value is -2.06. The van der Waals surface area contributed by atoms with Gasteiger partial charge < -0.3 is 10.1 Å². The Kier molecular flexibility index (Phi) is 2.64. The van der Waals surface area contributed by atoms with E-state index in [0.717, 1.165) is 12.8 Å². The molecule has 0 amide bonds. The molecule has 20 heavy (non-hydrogen) atoms. The number of hydrogen-bond donors (Lipinski definition) is 2. The van der Waals surface area contributed by atoms with Crippen LogP contribution in [0.2, 0.25) is 0 Å². The third kappa shape index (κ3) is 1.76. The summed E-state index contributed by atoms with van der Waals surface area (Å²) < 4.78 is 0. The minimum absolute atomic E-state index is 0.128. The number of H-pyrrole nitrogens is 1. The SMILES string of the molecule is OC1CC(c2c(-c3ccccc3)[nH]c3ccccc23)C1. The maximum absolute atomic E-state index is 9.64. The molecule has 2 heteroatoms. The second kappa shape index (κ2) is 4.50. The number of aliphatic hydroxyl groups excluding tert-OH is 1. The summed E-state index contributed by atoms with van der Waals surface area (Å²) in [4.78, 5) is 3.56. The van der Waals surface area contributed by atoms with E-state index < -0.39 is 0 Å². The molecule has 0 unspecified atom stereocenters. The van der Waals surface area contributed by atoms with E-state index in [0.29, 0.717) is 5.92 Å². The van der Waals surface area contributed by atoms with E-state index >= 15 is 0 Å². The van der Waals surface area contributed by atoms with E-state index in [4.69, 9.17) is 0 Å². The Morgan fingerprint density at radius 1 is 0.900 bits per heavy atom. The number of aromatic amines is 1. The Morgan fingerprint density at radius 3 is 2.35 bits per heavy atom. The van der Waals surface area contributed by atoms with Crippen molar-refractivity contribution in [3.63, 3.8) is 0 Å². The lowest BCUT2D eigenvalue weighted by molar-refractivity contribution is 0.0753. The van der Waals surface area contributed by atoms with Gasteiger partial charge in [-0.25, -0.2) is 0 Å². The highest BCUT2D eigenvalue weighted by Gasteiger charge is 2.32. The first-order valence-electron chi connectivity index (χ1n) is 7.17. The number of hydrogen-bond acceptors (Lipinski definition) is 1. The average Bonchev–Trinajstić information content (AvgIpc) is 2.84. The van der Waals surface area contributed by atoms with Crippen LogP contribution in [0.25, 0.3) is 22.2 Å². The van der Waals surface area contributed by atoms with Crippen molar-refractivity contribution < 1.29 is 5.11 Å². The molecule has 1 aromatic heterocycles. The zero-order chi connectivity index (χ0) is 13.5. The predicted molar refractivity (Wildman–Crippen MR) is 81.7 cm³/mol. The molecule has 0 atom stereocenters. The lowest BCUT2D eigenvalue weighted by Crippen LogP contribution is -2.26. The number of benzene rings is 2. The molecule has 0 bridgehead atoms. The van der Waals surface area contributed by atoms with Gasteiger partial charge in [0.05, 0.1) is 6.10 Å². The van der Waals surface area contributed by atoms with E-state index in [1.807, 2.05) is 6.07 Å². The fraction of sp³-hybridized carbons (Fsp3) is 0.222. The summed E-state index contributed by atoms with van der Waals surface area (Å²) in [5, 5.41) is 10.9. The minimum atomic E-state index is -0.128. The summed E-state index contributed by atoms with van der Waals surface area (Å²) in [7, 11) is 0. The maximum Gasteiger partial charge on any atom is 0.0552 e. The highest BCUT2D eigenvalue weighted by Crippen LogP contribution is 2.44. The molecular weight excluding hydrogens is 246 g/mol. The lowest BCUT2D eigenvalue weighted by atomic mass is 9.76. The van der Waals surface area contributed by atoms with Gasteiger partial charge in [0.25, 0.3) is 0 Å². The summed E-state index contributed by atoms with van der Waals surface area (Å²) in [5.74, 6) is 0.469. The molecule has 1 fully saturated rings. The van der Waals surface area contributed by atoms with E-state index in [1.165, 1.54) is 27.7 Å². The fourth-order valence-corrected chi connectivity index (χ4v) is 3.24. The van der Waals surface area contributed by atoms with Crippen LogP contribution in [-0.2, 0) is 0 Å². The van der Waals surface area contributed by atoms with Gasteiger partial charge in [-0.1, -0.05) is 48.5 Å². The normalized spacial score (nSPS) is 21.9. The summed E-state index contributed by atoms with van der Waals surface area (Å²) >= 11 is 0. The van der Waals surface area contributed by atoms with Crippen LogP contribution in [0.15, 0.2) is 54.6 Å². The van der Waals surface area contributed by atoms with Crippen molar-refractivity contribution in [2.75, 3.05) is 0 Å². The van der Waals surface area contributed by atoms with Crippen LogP contribution in [0.1, 0.15) is 24.3 Å². The van der Waals surface area contributed by atoms with E-state index in [9.17, 15) is 5.11 Å². The average molecular weight is 263 g/mol. The minimum Gasteiger partial charge on any atom is -0.393 e. The van der Waals surface area contributed by atoms with Crippen LogP contribution < -0.4 is 0 Å². The smallest absolute Gasteiger partial charge is 0.0552 e. The summed E-state index contributed by atoms with van der Waals surface area (Å²) in [5.41, 5.74) is 4.99. The van der Waals surface area contributed by atoms with E-state index in [-0.39, 0.29) is 6.10 Å². The van der Waals surface area contributed by atoms with Crippen LogP contribution in [0, 0.1) is 0 Å². The van der Waals surface area contributed by atoms with Crippen LogP contribution >= 0.6 is 0 Å². The summed E-state index contributed by atoms with van der Waals surface area (Å²) in [6.07, 6.45) is 1.63. The number of fused-ring (bicyclic) bond motifs is 1. The molecule has 3 aromatic rings. The Bertz CT molecular complexity index is 738. The van der Waals surface area contributed by atoms with Crippen molar-refractivity contribution in [2.24, 2.45) is 0 Å². The largest absolute Gasteiger partial charge is 0.393 e. The van der Waals surface area contributed by atoms with Crippen molar-refractivity contribution in [3.8, 4) is 11.3 Å². The van der Waals surface area contributed by atoms with Gasteiger partial charge >= 0.3 is 0 Å². The summed E-state index contributed by atoms with van der Waals surface area (Å²) in [6, 6.07) is 18.9. The van der Waals surface area contributed by atoms with Gasteiger partial charge in [0, 0.05) is 16.6 Å². The van der Waals surface area contributed by atoms with Gasteiger partial charge in [-0.2, -0.15) is 0 Å². The molecule has 1 heterocycles. The highest BCUT2D eigenvalue weighted by molar-refractivity contribution is 5.91. The van der Waals surface area contributed by atoms with E-state index in [1.54, 1.807) is 0 Å². The first-order valence-corrected chi connectivity index (χ1v) is 7.17. The molecule has 1 saturated carbocycles. The van der Waals surface area contributed by atoms with Gasteiger partial charge in [-0.15, -0.1) is 0 Å². The molecular formula is C18H17NO. The topological polar surface area (TPSA) is 36.0 Å². The quantitative estimate of drug-likeness (QED) is 0.718. The number of para-hydroxylation sites is 1. The molecule has 0 saturated heterocycles. The van der Waals surface area contributed by atoms with Crippen molar-refractivity contribution in [1.82, 2.24) is 4.98 Å². The molecule has 100 valence electrons. The van der Waals surface area contributed by atoms with Crippen LogP contribution in [-0.4, -0.2) is 16.2 Å². The molecule has 2 aromatic carbocycles. The standard InChI is InChI=1S/C18H17NO/c20-14-10-13(11-14)17-15-8-4-5-9-16(15)19-18(17)12-6-2-1-3-7-12/h1-9,13-14,19-20H,10-11H2. The van der Waals surface area contributed by atoms with E-state index in [2.05, 4.69) is 53.5 Å².